The van der Waals surface area contributed by atoms with Crippen LogP contribution in [0.5, 0.6) is 0 Å². The zero-order valence-electron chi connectivity index (χ0n) is 13.0. The number of carbonyl (C=O) groups is 1. The third-order valence-corrected chi connectivity index (χ3v) is 4.21. The van der Waals surface area contributed by atoms with Gasteiger partial charge in [-0.25, -0.2) is 0 Å². The summed E-state index contributed by atoms with van der Waals surface area (Å²) in [7, 11) is 0. The number of hydrogen-bond acceptors (Lipinski definition) is 4. The van der Waals surface area contributed by atoms with E-state index in [1.165, 1.54) is 11.8 Å². The molecular weight excluding hydrogens is 278 g/mol. The summed E-state index contributed by atoms with van der Waals surface area (Å²) < 4.78 is 0. The van der Waals surface area contributed by atoms with Crippen LogP contribution in [0.3, 0.4) is 0 Å². The standard InChI is InChI=1S/C16H21N5O/c1-16(2)12-20(15(22)14-10-17-19-18-14)8-9-21(16)11-13-6-4-3-5-7-13/h3-7,10H,8-9,11-12H2,1-2H3,(H,17,18,19). The molecule has 1 aliphatic rings. The molecule has 2 aromatic rings. The summed E-state index contributed by atoms with van der Waals surface area (Å²) in [4.78, 5) is 16.7. The number of amides is 1. The average Bonchev–Trinajstić information content (AvgIpc) is 3.03. The molecule has 6 heteroatoms. The molecule has 0 bridgehead atoms. The van der Waals surface area contributed by atoms with Crippen molar-refractivity contribution < 1.29 is 4.79 Å². The number of aromatic amines is 1. The highest BCUT2D eigenvalue weighted by Crippen LogP contribution is 2.24. The van der Waals surface area contributed by atoms with Crippen molar-refractivity contribution in [2.75, 3.05) is 19.6 Å². The van der Waals surface area contributed by atoms with Crippen LogP contribution in [0.1, 0.15) is 29.9 Å². The van der Waals surface area contributed by atoms with Crippen molar-refractivity contribution in [3.05, 3.63) is 47.8 Å². The fraction of sp³-hybridized carbons (Fsp3) is 0.438. The van der Waals surface area contributed by atoms with E-state index in [0.717, 1.165) is 13.1 Å². The summed E-state index contributed by atoms with van der Waals surface area (Å²) in [6, 6.07) is 10.4. The van der Waals surface area contributed by atoms with Crippen LogP contribution in [0.15, 0.2) is 36.5 Å². The van der Waals surface area contributed by atoms with Gasteiger partial charge in [-0.2, -0.15) is 15.4 Å². The van der Waals surface area contributed by atoms with Gasteiger partial charge in [-0.05, 0) is 19.4 Å². The highest BCUT2D eigenvalue weighted by atomic mass is 16.2. The molecule has 1 saturated heterocycles. The van der Waals surface area contributed by atoms with Crippen LogP contribution in [0.25, 0.3) is 0 Å². The molecule has 1 aromatic heterocycles. The lowest BCUT2D eigenvalue weighted by Crippen LogP contribution is -2.60. The first-order valence-electron chi connectivity index (χ1n) is 7.50. The normalized spacial score (nSPS) is 18.4. The molecule has 0 atom stereocenters. The van der Waals surface area contributed by atoms with Crippen molar-refractivity contribution in [1.29, 1.82) is 0 Å². The Labute approximate surface area is 130 Å². The van der Waals surface area contributed by atoms with Gasteiger partial charge in [-0.15, -0.1) is 0 Å². The van der Waals surface area contributed by atoms with Crippen LogP contribution in [0, 0.1) is 0 Å². The highest BCUT2D eigenvalue weighted by molar-refractivity contribution is 5.92. The van der Waals surface area contributed by atoms with E-state index >= 15 is 0 Å². The Morgan fingerprint density at radius 3 is 2.68 bits per heavy atom. The van der Waals surface area contributed by atoms with Crippen molar-refractivity contribution in [3.8, 4) is 0 Å². The number of benzene rings is 1. The van der Waals surface area contributed by atoms with Gasteiger partial charge in [-0.3, -0.25) is 9.69 Å². The fourth-order valence-electron chi connectivity index (χ4n) is 2.93. The Morgan fingerprint density at radius 2 is 2.05 bits per heavy atom. The Kier molecular flexibility index (Phi) is 3.94. The van der Waals surface area contributed by atoms with Gasteiger partial charge in [0.25, 0.3) is 5.91 Å². The van der Waals surface area contributed by atoms with Crippen LogP contribution in [0.2, 0.25) is 0 Å². The van der Waals surface area contributed by atoms with Crippen molar-refractivity contribution in [2.45, 2.75) is 25.9 Å². The number of nitrogens with one attached hydrogen (secondary N) is 1. The molecule has 1 fully saturated rings. The van der Waals surface area contributed by atoms with Crippen molar-refractivity contribution in [3.63, 3.8) is 0 Å². The lowest BCUT2D eigenvalue weighted by atomic mass is 9.97. The quantitative estimate of drug-likeness (QED) is 0.933. The number of carbonyl (C=O) groups excluding carboxylic acids is 1. The molecular formula is C16H21N5O. The van der Waals surface area contributed by atoms with Crippen LogP contribution in [-0.4, -0.2) is 56.3 Å². The van der Waals surface area contributed by atoms with Gasteiger partial charge in [0.05, 0.1) is 6.20 Å². The van der Waals surface area contributed by atoms with Gasteiger partial charge >= 0.3 is 0 Å². The molecule has 3 rings (SSSR count). The number of nitrogens with zero attached hydrogens (tertiary/aromatic N) is 4. The van der Waals surface area contributed by atoms with Crippen molar-refractivity contribution in [1.82, 2.24) is 25.2 Å². The van der Waals surface area contributed by atoms with Crippen LogP contribution in [-0.2, 0) is 6.54 Å². The van der Waals surface area contributed by atoms with E-state index in [1.54, 1.807) is 0 Å². The van der Waals surface area contributed by atoms with Crippen molar-refractivity contribution >= 4 is 5.91 Å². The average molecular weight is 299 g/mol. The molecule has 0 saturated carbocycles. The van der Waals surface area contributed by atoms with Gasteiger partial charge in [0.2, 0.25) is 0 Å². The lowest BCUT2D eigenvalue weighted by Gasteiger charge is -2.47. The number of H-pyrrole nitrogens is 1. The Balaban J connectivity index is 1.68. The van der Waals surface area contributed by atoms with Gasteiger partial charge in [-0.1, -0.05) is 30.3 Å². The number of hydrogen-bond donors (Lipinski definition) is 1. The zero-order chi connectivity index (χ0) is 15.6. The topological polar surface area (TPSA) is 65.1 Å². The maximum Gasteiger partial charge on any atom is 0.276 e. The second-order valence-electron chi connectivity index (χ2n) is 6.30. The first-order chi connectivity index (χ1) is 10.6. The molecule has 6 nitrogen and oxygen atoms in total. The summed E-state index contributed by atoms with van der Waals surface area (Å²) in [5.41, 5.74) is 1.60. The summed E-state index contributed by atoms with van der Waals surface area (Å²) in [5, 5.41) is 10.1. The molecule has 1 aliphatic heterocycles. The van der Waals surface area contributed by atoms with Gasteiger partial charge in [0, 0.05) is 31.7 Å². The molecule has 22 heavy (non-hydrogen) atoms. The highest BCUT2D eigenvalue weighted by Gasteiger charge is 2.36. The first kappa shape index (κ1) is 14.7. The lowest BCUT2D eigenvalue weighted by molar-refractivity contribution is 0.0135. The van der Waals surface area contributed by atoms with E-state index < -0.39 is 0 Å². The monoisotopic (exact) mass is 299 g/mol. The largest absolute Gasteiger partial charge is 0.334 e. The van der Waals surface area contributed by atoms with Crippen molar-refractivity contribution in [2.24, 2.45) is 0 Å². The van der Waals surface area contributed by atoms with Gasteiger partial charge in [0.15, 0.2) is 5.69 Å². The van der Waals surface area contributed by atoms with Crippen LogP contribution >= 0.6 is 0 Å². The summed E-state index contributed by atoms with van der Waals surface area (Å²) in [6.07, 6.45) is 1.48. The number of rotatable bonds is 3. The summed E-state index contributed by atoms with van der Waals surface area (Å²) in [6.45, 7) is 7.51. The molecule has 1 amide bonds. The minimum absolute atomic E-state index is 0.0545. The van der Waals surface area contributed by atoms with Gasteiger partial charge < -0.3 is 4.90 Å². The molecule has 0 radical (unpaired) electrons. The second kappa shape index (κ2) is 5.88. The third-order valence-electron chi connectivity index (χ3n) is 4.21. The Bertz CT molecular complexity index is 623. The van der Waals surface area contributed by atoms with E-state index in [-0.39, 0.29) is 11.4 Å². The second-order valence-corrected chi connectivity index (χ2v) is 6.30. The summed E-state index contributed by atoms with van der Waals surface area (Å²) >= 11 is 0. The third kappa shape index (κ3) is 3.01. The molecule has 0 unspecified atom stereocenters. The number of piperazine rings is 1. The molecule has 0 aliphatic carbocycles. The minimum atomic E-state index is -0.0759. The number of aromatic nitrogens is 3. The molecule has 0 spiro atoms. The molecule has 2 heterocycles. The van der Waals surface area contributed by atoms with Crippen LogP contribution < -0.4 is 0 Å². The smallest absolute Gasteiger partial charge is 0.276 e. The van der Waals surface area contributed by atoms with E-state index in [0.29, 0.717) is 18.8 Å². The fourth-order valence-corrected chi connectivity index (χ4v) is 2.93. The molecule has 1 aromatic carbocycles. The Morgan fingerprint density at radius 1 is 1.27 bits per heavy atom. The minimum Gasteiger partial charge on any atom is -0.334 e. The first-order valence-corrected chi connectivity index (χ1v) is 7.50. The van der Waals surface area contributed by atoms with E-state index in [1.807, 2.05) is 11.0 Å². The Hall–Kier alpha value is -2.21. The van der Waals surface area contributed by atoms with E-state index in [4.69, 9.17) is 0 Å². The maximum absolute atomic E-state index is 12.4. The summed E-state index contributed by atoms with van der Waals surface area (Å²) in [5.74, 6) is -0.0545. The van der Waals surface area contributed by atoms with Crippen LogP contribution in [0.4, 0.5) is 0 Å². The van der Waals surface area contributed by atoms with Gasteiger partial charge in [0.1, 0.15) is 0 Å². The predicted octanol–water partition coefficient (Wildman–Crippen LogP) is 1.54. The van der Waals surface area contributed by atoms with E-state index in [9.17, 15) is 4.79 Å². The zero-order valence-corrected chi connectivity index (χ0v) is 13.0. The predicted molar refractivity (Wildman–Crippen MR) is 83.2 cm³/mol. The van der Waals surface area contributed by atoms with E-state index in [2.05, 4.69) is 58.4 Å². The molecule has 116 valence electrons. The SMILES string of the molecule is CC1(C)CN(C(=O)c2cn[nH]n2)CCN1Cc1ccccc1. The maximum atomic E-state index is 12.4. The molecule has 1 N–H and O–H groups in total.